The molecular weight excluding hydrogens is 460 g/mol. The zero-order chi connectivity index (χ0) is 19.7. The summed E-state index contributed by atoms with van der Waals surface area (Å²) in [6, 6.07) is 5.03. The van der Waals surface area contributed by atoms with Gasteiger partial charge in [0.25, 0.3) is 0 Å². The van der Waals surface area contributed by atoms with Crippen molar-refractivity contribution >= 4 is 43.3 Å². The Kier molecular flexibility index (Phi) is 6.32. The highest BCUT2D eigenvalue weighted by Crippen LogP contribution is 2.38. The van der Waals surface area contributed by atoms with E-state index in [1.807, 2.05) is 0 Å². The van der Waals surface area contributed by atoms with E-state index < -0.39 is 26.8 Å². The van der Waals surface area contributed by atoms with E-state index in [0.29, 0.717) is 30.2 Å². The lowest BCUT2D eigenvalue weighted by atomic mass is 9.94. The van der Waals surface area contributed by atoms with Gasteiger partial charge in [-0.3, -0.25) is 0 Å². The van der Waals surface area contributed by atoms with Crippen molar-refractivity contribution in [3.8, 4) is 0 Å². The van der Waals surface area contributed by atoms with Crippen molar-refractivity contribution in [1.29, 1.82) is 0 Å². The van der Waals surface area contributed by atoms with E-state index in [2.05, 4.69) is 15.9 Å². The molecule has 1 aromatic carbocycles. The fraction of sp³-hybridized carbons (Fsp3) is 0.500. The molecule has 1 aliphatic heterocycles. The average Bonchev–Trinajstić information content (AvgIpc) is 3.05. The first kappa shape index (κ1) is 20.8. The van der Waals surface area contributed by atoms with Gasteiger partial charge in [0.1, 0.15) is 0 Å². The smallest absolute Gasteiger partial charge is 0.335 e. The molecule has 9 heteroatoms. The lowest BCUT2D eigenvalue weighted by molar-refractivity contribution is -0.143. The maximum Gasteiger partial charge on any atom is 0.335 e. The summed E-state index contributed by atoms with van der Waals surface area (Å²) in [5.74, 6) is -1.97. The van der Waals surface area contributed by atoms with Crippen LogP contribution in [0.1, 0.15) is 25.3 Å². The van der Waals surface area contributed by atoms with Crippen molar-refractivity contribution in [2.24, 2.45) is 0 Å². The number of rotatable bonds is 5. The maximum absolute atomic E-state index is 13.1. The van der Waals surface area contributed by atoms with E-state index in [0.717, 1.165) is 4.47 Å². The molecule has 1 atom stereocenters. The molecule has 1 saturated heterocycles. The molecule has 0 amide bonds. The lowest BCUT2D eigenvalue weighted by Crippen LogP contribution is -2.40. The molecule has 0 bridgehead atoms. The summed E-state index contributed by atoms with van der Waals surface area (Å²) >= 11 is 9.48. The first-order valence-electron chi connectivity index (χ1n) is 8.59. The van der Waals surface area contributed by atoms with Gasteiger partial charge in [-0.2, -0.15) is 0 Å². The van der Waals surface area contributed by atoms with Crippen LogP contribution in [0.15, 0.2) is 34.3 Å². The van der Waals surface area contributed by atoms with E-state index in [4.69, 9.17) is 25.8 Å². The van der Waals surface area contributed by atoms with Crippen LogP contribution in [0.5, 0.6) is 0 Å². The monoisotopic (exact) mass is 478 g/mol. The van der Waals surface area contributed by atoms with Gasteiger partial charge in [0.05, 0.1) is 36.4 Å². The molecule has 148 valence electrons. The highest BCUT2D eigenvalue weighted by atomic mass is 79.9. The summed E-state index contributed by atoms with van der Waals surface area (Å²) in [6.45, 7) is 2.62. The predicted octanol–water partition coefficient (Wildman–Crippen LogP) is 3.41. The van der Waals surface area contributed by atoms with Gasteiger partial charge >= 0.3 is 5.97 Å². The third kappa shape index (κ3) is 4.56. The molecule has 1 spiro atoms. The molecule has 2 aliphatic rings. The fourth-order valence-electron chi connectivity index (χ4n) is 3.32. The van der Waals surface area contributed by atoms with Gasteiger partial charge in [-0.05, 0) is 37.1 Å². The number of carbonyl (C=O) groups is 1. The molecule has 27 heavy (non-hydrogen) atoms. The number of benzene rings is 1. The third-order valence-corrected chi connectivity index (χ3v) is 7.48. The van der Waals surface area contributed by atoms with Gasteiger partial charge in [0.2, 0.25) is 0 Å². The van der Waals surface area contributed by atoms with Crippen molar-refractivity contribution in [1.82, 2.24) is 0 Å². The summed E-state index contributed by atoms with van der Waals surface area (Å²) in [7, 11) is -3.71. The van der Waals surface area contributed by atoms with Crippen LogP contribution in [0.3, 0.4) is 0 Å². The molecule has 6 nitrogen and oxygen atoms in total. The Bertz CT molecular complexity index is 861. The second-order valence-corrected chi connectivity index (χ2v) is 9.91. The molecule has 0 saturated carbocycles. The number of carbonyl (C=O) groups excluding carboxylic acids is 1. The van der Waals surface area contributed by atoms with Crippen molar-refractivity contribution in [3.05, 3.63) is 44.9 Å². The largest absolute Gasteiger partial charge is 0.463 e. The van der Waals surface area contributed by atoms with Gasteiger partial charge in [-0.1, -0.05) is 33.6 Å². The van der Waals surface area contributed by atoms with Crippen LogP contribution in [0.25, 0.3) is 0 Å². The van der Waals surface area contributed by atoms with Gasteiger partial charge < -0.3 is 14.2 Å². The first-order chi connectivity index (χ1) is 12.8. The Hall–Kier alpha value is -0.930. The van der Waals surface area contributed by atoms with Gasteiger partial charge in [0, 0.05) is 15.9 Å². The molecular formula is C18H20BrClO6S. The van der Waals surface area contributed by atoms with Gasteiger partial charge in [0.15, 0.2) is 15.6 Å². The summed E-state index contributed by atoms with van der Waals surface area (Å²) < 4.78 is 43.3. The normalized spacial score (nSPS) is 21.9. The Balaban J connectivity index is 1.93. The summed E-state index contributed by atoms with van der Waals surface area (Å²) in [5.41, 5.74) is 0.551. The van der Waals surface area contributed by atoms with Crippen LogP contribution in [0, 0.1) is 0 Å². The summed E-state index contributed by atoms with van der Waals surface area (Å²) in [4.78, 5) is 12.5. The van der Waals surface area contributed by atoms with Crippen LogP contribution < -0.4 is 0 Å². The maximum atomic E-state index is 13.1. The third-order valence-electron chi connectivity index (χ3n) is 4.57. The minimum absolute atomic E-state index is 0.0678. The first-order valence-corrected chi connectivity index (χ1v) is 11.5. The highest BCUT2D eigenvalue weighted by molar-refractivity contribution is 9.10. The number of sulfone groups is 1. The van der Waals surface area contributed by atoms with Crippen molar-refractivity contribution in [2.75, 3.05) is 19.8 Å². The molecule has 0 radical (unpaired) electrons. The van der Waals surface area contributed by atoms with Crippen LogP contribution in [0.2, 0.25) is 5.02 Å². The van der Waals surface area contributed by atoms with E-state index in [1.165, 1.54) is 6.08 Å². The fourth-order valence-corrected chi connectivity index (χ4v) is 6.06. The second kappa shape index (κ2) is 8.21. The highest BCUT2D eigenvalue weighted by Gasteiger charge is 2.46. The molecule has 1 unspecified atom stereocenters. The topological polar surface area (TPSA) is 78.9 Å². The number of ether oxygens (including phenoxy) is 3. The van der Waals surface area contributed by atoms with E-state index in [1.54, 1.807) is 25.1 Å². The average molecular weight is 480 g/mol. The lowest BCUT2D eigenvalue weighted by Gasteiger charge is -2.33. The SMILES string of the molecule is CCOC(=O)C1=CC2(CCC1S(=O)(=O)Cc1ccc(Br)cc1Cl)OCCO2. The molecule has 0 N–H and O–H groups in total. The zero-order valence-electron chi connectivity index (χ0n) is 14.7. The van der Waals surface area contributed by atoms with Gasteiger partial charge in [-0.15, -0.1) is 0 Å². The zero-order valence-corrected chi connectivity index (χ0v) is 17.9. The standard InChI is InChI=1S/C18H20BrClO6S/c1-2-24-17(21)14-10-18(25-7-8-26-18)6-5-16(14)27(22,23)11-12-3-4-13(19)9-15(12)20/h3-4,9-10,16H,2,5-8,11H2,1H3. The van der Waals surface area contributed by atoms with Gasteiger partial charge in [-0.25, -0.2) is 13.2 Å². The number of hydrogen-bond donors (Lipinski definition) is 0. The molecule has 0 aromatic heterocycles. The minimum Gasteiger partial charge on any atom is -0.463 e. The Morgan fingerprint density at radius 3 is 2.70 bits per heavy atom. The van der Waals surface area contributed by atoms with Crippen molar-refractivity contribution < 1.29 is 27.4 Å². The van der Waals surface area contributed by atoms with Crippen LogP contribution in [-0.2, 0) is 34.6 Å². The summed E-state index contributed by atoms with van der Waals surface area (Å²) in [5, 5.41) is -0.640. The van der Waals surface area contributed by atoms with Crippen LogP contribution in [-0.4, -0.2) is 45.2 Å². The number of esters is 1. The molecule has 1 aliphatic carbocycles. The van der Waals surface area contributed by atoms with E-state index >= 15 is 0 Å². The Labute approximate surface area is 171 Å². The summed E-state index contributed by atoms with van der Waals surface area (Å²) in [6.07, 6.45) is 2.04. The Morgan fingerprint density at radius 1 is 1.37 bits per heavy atom. The van der Waals surface area contributed by atoms with Crippen LogP contribution in [0.4, 0.5) is 0 Å². The quantitative estimate of drug-likeness (QED) is 0.602. The van der Waals surface area contributed by atoms with Crippen LogP contribution >= 0.6 is 27.5 Å². The van der Waals surface area contributed by atoms with E-state index in [-0.39, 0.29) is 24.4 Å². The number of hydrogen-bond acceptors (Lipinski definition) is 6. The van der Waals surface area contributed by atoms with Crippen molar-refractivity contribution in [3.63, 3.8) is 0 Å². The second-order valence-electron chi connectivity index (χ2n) is 6.40. The Morgan fingerprint density at radius 2 is 2.07 bits per heavy atom. The predicted molar refractivity (Wildman–Crippen MR) is 104 cm³/mol. The van der Waals surface area contributed by atoms with Crippen molar-refractivity contribution in [2.45, 2.75) is 36.6 Å². The molecule has 1 heterocycles. The molecule has 3 rings (SSSR count). The van der Waals surface area contributed by atoms with E-state index in [9.17, 15) is 13.2 Å². The minimum atomic E-state index is -3.71. The molecule has 1 aromatic rings. The number of halogens is 2. The molecule has 1 fully saturated rings.